The number of hydrogen-bond acceptors (Lipinski definition) is 2. The van der Waals surface area contributed by atoms with Gasteiger partial charge in [0.2, 0.25) is 0 Å². The molecule has 0 radical (unpaired) electrons. The molecule has 66 valence electrons. The molecule has 1 saturated heterocycles. The topological polar surface area (TPSA) is 29.3 Å². The molecule has 0 aliphatic carbocycles. The number of alkyl halides is 2. The summed E-state index contributed by atoms with van der Waals surface area (Å²) in [7, 11) is 0. The van der Waals surface area contributed by atoms with Gasteiger partial charge >= 0.3 is 0 Å². The van der Waals surface area contributed by atoms with Crippen LogP contribution in [-0.2, 0) is 0 Å². The predicted molar refractivity (Wildman–Crippen MR) is 39.7 cm³/mol. The summed E-state index contributed by atoms with van der Waals surface area (Å²) in [6.07, 6.45) is 0.404. The van der Waals surface area contributed by atoms with Crippen LogP contribution in [0.25, 0.3) is 0 Å². The van der Waals surface area contributed by atoms with Gasteiger partial charge in [0.25, 0.3) is 5.92 Å². The van der Waals surface area contributed by atoms with E-state index in [0.717, 1.165) is 0 Å². The lowest BCUT2D eigenvalue weighted by molar-refractivity contribution is -0.0783. The van der Waals surface area contributed by atoms with Crippen LogP contribution in [-0.4, -0.2) is 36.5 Å². The Morgan fingerprint density at radius 2 is 2.27 bits per heavy atom. The molecule has 0 bridgehead atoms. The van der Waals surface area contributed by atoms with Crippen LogP contribution in [0.4, 0.5) is 8.78 Å². The van der Waals surface area contributed by atoms with Gasteiger partial charge in [-0.05, 0) is 13.0 Å². The van der Waals surface area contributed by atoms with Crippen molar-refractivity contribution in [3.05, 3.63) is 0 Å². The molecule has 4 heteroatoms. The van der Waals surface area contributed by atoms with Crippen molar-refractivity contribution in [2.75, 3.05) is 19.6 Å². The average Bonchev–Trinajstić information content (AvgIpc) is 1.95. The van der Waals surface area contributed by atoms with Gasteiger partial charge in [0.15, 0.2) is 0 Å². The first-order valence-electron chi connectivity index (χ1n) is 3.92. The number of likely N-dealkylation sites (tertiary alicyclic amines) is 1. The molecule has 0 amide bonds. The smallest absolute Gasteiger partial charge is 0.275 e. The molecule has 0 spiro atoms. The van der Waals surface area contributed by atoms with Crippen LogP contribution in [0.5, 0.6) is 0 Å². The van der Waals surface area contributed by atoms with Gasteiger partial charge in [0.1, 0.15) is 0 Å². The highest BCUT2D eigenvalue weighted by molar-refractivity contribution is 4.88. The fraction of sp³-hybridized carbons (Fsp3) is 1.00. The van der Waals surface area contributed by atoms with E-state index in [-0.39, 0.29) is 6.54 Å². The quantitative estimate of drug-likeness (QED) is 0.617. The van der Waals surface area contributed by atoms with Gasteiger partial charge in [-0.2, -0.15) is 0 Å². The summed E-state index contributed by atoms with van der Waals surface area (Å²) in [6.45, 7) is 3.09. The van der Waals surface area contributed by atoms with E-state index in [9.17, 15) is 8.78 Å². The van der Waals surface area contributed by atoms with E-state index in [1.165, 1.54) is 0 Å². The third-order valence-corrected chi connectivity index (χ3v) is 2.18. The molecule has 0 aromatic carbocycles. The maximum atomic E-state index is 12.9. The second-order valence-electron chi connectivity index (χ2n) is 3.02. The highest BCUT2D eigenvalue weighted by Gasteiger charge is 2.41. The Morgan fingerprint density at radius 1 is 1.64 bits per heavy atom. The maximum Gasteiger partial charge on any atom is 0.275 e. The standard InChI is InChI=1S/C7H14F2N2/c1-2-11-4-3-6(10)7(8,9)5-11/h6H,2-5,10H2,1H3. The molecule has 11 heavy (non-hydrogen) atoms. The lowest BCUT2D eigenvalue weighted by atomic mass is 10.0. The predicted octanol–water partition coefficient (Wildman–Crippen LogP) is 0.675. The van der Waals surface area contributed by atoms with E-state index < -0.39 is 12.0 Å². The Labute approximate surface area is 65.4 Å². The van der Waals surface area contributed by atoms with Gasteiger partial charge in [-0.25, -0.2) is 8.78 Å². The van der Waals surface area contributed by atoms with Crippen molar-refractivity contribution in [1.29, 1.82) is 0 Å². The van der Waals surface area contributed by atoms with E-state index in [1.807, 2.05) is 6.92 Å². The van der Waals surface area contributed by atoms with Crippen molar-refractivity contribution in [2.45, 2.75) is 25.3 Å². The van der Waals surface area contributed by atoms with Crippen molar-refractivity contribution in [1.82, 2.24) is 4.90 Å². The monoisotopic (exact) mass is 164 g/mol. The van der Waals surface area contributed by atoms with Gasteiger partial charge in [0, 0.05) is 6.54 Å². The molecular weight excluding hydrogens is 150 g/mol. The highest BCUT2D eigenvalue weighted by atomic mass is 19.3. The van der Waals surface area contributed by atoms with Gasteiger partial charge in [0.05, 0.1) is 12.6 Å². The van der Waals surface area contributed by atoms with E-state index in [1.54, 1.807) is 4.90 Å². The Bertz CT molecular complexity index is 138. The van der Waals surface area contributed by atoms with Gasteiger partial charge in [-0.1, -0.05) is 6.92 Å². The summed E-state index contributed by atoms with van der Waals surface area (Å²) in [5.41, 5.74) is 5.25. The Balaban J connectivity index is 2.52. The normalized spacial score (nSPS) is 32.2. The minimum absolute atomic E-state index is 0.176. The number of piperidine rings is 1. The summed E-state index contributed by atoms with van der Waals surface area (Å²) >= 11 is 0. The first-order chi connectivity index (χ1) is 5.06. The molecule has 1 atom stereocenters. The van der Waals surface area contributed by atoms with Crippen molar-refractivity contribution >= 4 is 0 Å². The van der Waals surface area contributed by atoms with E-state index in [0.29, 0.717) is 19.5 Å². The number of halogens is 2. The minimum Gasteiger partial charge on any atom is -0.323 e. The lowest BCUT2D eigenvalue weighted by Gasteiger charge is -2.35. The maximum absolute atomic E-state index is 12.9. The number of nitrogens with two attached hydrogens (primary N) is 1. The summed E-state index contributed by atoms with van der Waals surface area (Å²) in [4.78, 5) is 1.73. The lowest BCUT2D eigenvalue weighted by Crippen LogP contribution is -2.55. The summed E-state index contributed by atoms with van der Waals surface area (Å²) in [6, 6.07) is -0.940. The molecule has 0 aromatic rings. The molecule has 1 aliphatic heterocycles. The zero-order valence-corrected chi connectivity index (χ0v) is 6.69. The molecule has 1 aliphatic rings. The molecular formula is C7H14F2N2. The van der Waals surface area contributed by atoms with E-state index in [2.05, 4.69) is 0 Å². The van der Waals surface area contributed by atoms with Crippen LogP contribution in [0.2, 0.25) is 0 Å². The number of rotatable bonds is 1. The molecule has 1 rings (SSSR count). The first kappa shape index (κ1) is 8.87. The largest absolute Gasteiger partial charge is 0.323 e. The second kappa shape index (κ2) is 3.03. The number of hydrogen-bond donors (Lipinski definition) is 1. The zero-order valence-electron chi connectivity index (χ0n) is 6.69. The van der Waals surface area contributed by atoms with Crippen LogP contribution in [0.1, 0.15) is 13.3 Å². The van der Waals surface area contributed by atoms with Crippen LogP contribution in [0.3, 0.4) is 0 Å². The minimum atomic E-state index is -2.69. The summed E-state index contributed by atoms with van der Waals surface area (Å²) < 4.78 is 25.7. The SMILES string of the molecule is CCN1CCC(N)C(F)(F)C1. The van der Waals surface area contributed by atoms with Crippen LogP contribution in [0.15, 0.2) is 0 Å². The van der Waals surface area contributed by atoms with Crippen molar-refractivity contribution in [2.24, 2.45) is 5.73 Å². The van der Waals surface area contributed by atoms with E-state index in [4.69, 9.17) is 5.73 Å². The van der Waals surface area contributed by atoms with Crippen LogP contribution < -0.4 is 5.73 Å². The van der Waals surface area contributed by atoms with Crippen molar-refractivity contribution in [3.63, 3.8) is 0 Å². The van der Waals surface area contributed by atoms with Gasteiger partial charge in [-0.3, -0.25) is 4.90 Å². The van der Waals surface area contributed by atoms with Gasteiger partial charge < -0.3 is 5.73 Å². The average molecular weight is 164 g/mol. The third kappa shape index (κ3) is 1.87. The first-order valence-corrected chi connectivity index (χ1v) is 3.92. The van der Waals surface area contributed by atoms with Crippen LogP contribution in [0, 0.1) is 0 Å². The Kier molecular flexibility index (Phi) is 2.44. The molecule has 0 aromatic heterocycles. The van der Waals surface area contributed by atoms with Crippen molar-refractivity contribution in [3.8, 4) is 0 Å². The molecule has 0 saturated carbocycles. The Hall–Kier alpha value is -0.220. The fourth-order valence-electron chi connectivity index (χ4n) is 1.30. The molecule has 2 N–H and O–H groups in total. The summed E-state index contributed by atoms with van der Waals surface area (Å²) in [5.74, 6) is -2.69. The molecule has 2 nitrogen and oxygen atoms in total. The Morgan fingerprint density at radius 3 is 2.73 bits per heavy atom. The fourth-order valence-corrected chi connectivity index (χ4v) is 1.30. The van der Waals surface area contributed by atoms with Crippen molar-refractivity contribution < 1.29 is 8.78 Å². The molecule has 1 fully saturated rings. The summed E-state index contributed by atoms with van der Waals surface area (Å²) in [5, 5.41) is 0. The third-order valence-electron chi connectivity index (χ3n) is 2.18. The zero-order chi connectivity index (χ0) is 8.48. The second-order valence-corrected chi connectivity index (χ2v) is 3.02. The van der Waals surface area contributed by atoms with Gasteiger partial charge in [-0.15, -0.1) is 0 Å². The number of nitrogens with zero attached hydrogens (tertiary/aromatic N) is 1. The highest BCUT2D eigenvalue weighted by Crippen LogP contribution is 2.25. The van der Waals surface area contributed by atoms with E-state index >= 15 is 0 Å². The van der Waals surface area contributed by atoms with Crippen LogP contribution >= 0.6 is 0 Å². The molecule has 1 unspecified atom stereocenters. The molecule has 1 heterocycles.